The minimum atomic E-state index is -0.443. The number of methoxy groups -OCH3 is 1. The predicted molar refractivity (Wildman–Crippen MR) is 70.8 cm³/mol. The highest BCUT2D eigenvalue weighted by Gasteiger charge is 2.34. The Morgan fingerprint density at radius 2 is 2.05 bits per heavy atom. The van der Waals surface area contributed by atoms with E-state index in [1.165, 1.54) is 7.11 Å². The third-order valence-corrected chi connectivity index (χ3v) is 3.83. The Morgan fingerprint density at radius 3 is 2.63 bits per heavy atom. The fraction of sp³-hybridized carbons (Fsp3) is 0.571. The van der Waals surface area contributed by atoms with E-state index in [4.69, 9.17) is 4.74 Å². The molecule has 5 nitrogen and oxygen atoms in total. The zero-order chi connectivity index (χ0) is 14.0. The molecule has 1 saturated heterocycles. The number of aryl methyl sites for hydroxylation is 1. The van der Waals surface area contributed by atoms with Gasteiger partial charge in [0.1, 0.15) is 11.7 Å². The molecule has 0 saturated carbocycles. The number of nitrogens with zero attached hydrogens (tertiary/aromatic N) is 2. The van der Waals surface area contributed by atoms with Gasteiger partial charge in [0.2, 0.25) is 0 Å². The van der Waals surface area contributed by atoms with E-state index in [-0.39, 0.29) is 11.9 Å². The van der Waals surface area contributed by atoms with E-state index in [9.17, 15) is 9.59 Å². The number of hydrogen-bond donors (Lipinski definition) is 0. The molecule has 1 aliphatic rings. The maximum Gasteiger partial charge on any atom is 0.328 e. The summed E-state index contributed by atoms with van der Waals surface area (Å²) >= 11 is 0. The van der Waals surface area contributed by atoms with E-state index in [1.54, 1.807) is 11.0 Å². The van der Waals surface area contributed by atoms with Crippen LogP contribution in [0.1, 0.15) is 35.4 Å². The van der Waals surface area contributed by atoms with Gasteiger partial charge in [-0.2, -0.15) is 0 Å². The van der Waals surface area contributed by atoms with Gasteiger partial charge < -0.3 is 14.2 Å². The van der Waals surface area contributed by atoms with E-state index in [0.717, 1.165) is 18.5 Å². The minimum absolute atomic E-state index is 0.0919. The summed E-state index contributed by atoms with van der Waals surface area (Å²) in [7, 11) is 3.23. The van der Waals surface area contributed by atoms with Gasteiger partial charge in [-0.15, -0.1) is 0 Å². The van der Waals surface area contributed by atoms with Gasteiger partial charge >= 0.3 is 5.97 Å². The SMILES string of the molecule is COC(=O)[C@@H]1CCCCN1C(=O)c1ccc(C)n1C. The van der Waals surface area contributed by atoms with Gasteiger partial charge in [0.05, 0.1) is 7.11 Å². The molecule has 2 rings (SSSR count). The zero-order valence-corrected chi connectivity index (χ0v) is 11.7. The summed E-state index contributed by atoms with van der Waals surface area (Å²) in [6.07, 6.45) is 2.57. The van der Waals surface area contributed by atoms with Crippen molar-refractivity contribution < 1.29 is 14.3 Å². The molecule has 0 aromatic carbocycles. The van der Waals surface area contributed by atoms with E-state index in [1.807, 2.05) is 24.6 Å². The Labute approximate surface area is 113 Å². The smallest absolute Gasteiger partial charge is 0.328 e. The first-order chi connectivity index (χ1) is 9.06. The van der Waals surface area contributed by atoms with E-state index in [0.29, 0.717) is 18.7 Å². The highest BCUT2D eigenvalue weighted by Crippen LogP contribution is 2.21. The number of ether oxygens (including phenoxy) is 1. The molecule has 0 unspecified atom stereocenters. The first-order valence-electron chi connectivity index (χ1n) is 6.57. The van der Waals surface area contributed by atoms with E-state index >= 15 is 0 Å². The first kappa shape index (κ1) is 13.6. The van der Waals surface area contributed by atoms with Crippen LogP contribution in [0.3, 0.4) is 0 Å². The van der Waals surface area contributed by atoms with Crippen molar-refractivity contribution in [3.05, 3.63) is 23.5 Å². The average molecular weight is 264 g/mol. The lowest BCUT2D eigenvalue weighted by molar-refractivity contribution is -0.147. The van der Waals surface area contributed by atoms with Gasteiger partial charge in [0.25, 0.3) is 5.91 Å². The molecule has 1 aromatic heterocycles. The quantitative estimate of drug-likeness (QED) is 0.761. The Bertz CT molecular complexity index is 493. The van der Waals surface area contributed by atoms with Crippen molar-refractivity contribution in [2.24, 2.45) is 7.05 Å². The maximum absolute atomic E-state index is 12.6. The molecule has 104 valence electrons. The van der Waals surface area contributed by atoms with Crippen molar-refractivity contribution in [3.8, 4) is 0 Å². The third kappa shape index (κ3) is 2.50. The number of piperidine rings is 1. The second-order valence-electron chi connectivity index (χ2n) is 4.95. The summed E-state index contributed by atoms with van der Waals surface area (Å²) in [4.78, 5) is 26.0. The van der Waals surface area contributed by atoms with Crippen LogP contribution in [0.5, 0.6) is 0 Å². The molecular weight excluding hydrogens is 244 g/mol. The molecule has 0 N–H and O–H groups in total. The van der Waals surface area contributed by atoms with Gasteiger partial charge in [-0.25, -0.2) is 4.79 Å². The Hall–Kier alpha value is -1.78. The van der Waals surface area contributed by atoms with Gasteiger partial charge in [-0.05, 0) is 38.3 Å². The number of amides is 1. The normalized spacial score (nSPS) is 19.3. The molecule has 19 heavy (non-hydrogen) atoms. The van der Waals surface area contributed by atoms with Crippen LogP contribution in [0, 0.1) is 6.92 Å². The topological polar surface area (TPSA) is 51.5 Å². The molecule has 1 aliphatic heterocycles. The van der Waals surface area contributed by atoms with Gasteiger partial charge in [0.15, 0.2) is 0 Å². The number of rotatable bonds is 2. The van der Waals surface area contributed by atoms with Gasteiger partial charge in [-0.3, -0.25) is 4.79 Å². The molecule has 2 heterocycles. The lowest BCUT2D eigenvalue weighted by Gasteiger charge is -2.33. The number of likely N-dealkylation sites (tertiary alicyclic amines) is 1. The number of hydrogen-bond acceptors (Lipinski definition) is 3. The third-order valence-electron chi connectivity index (χ3n) is 3.83. The number of esters is 1. The predicted octanol–water partition coefficient (Wildman–Crippen LogP) is 1.50. The van der Waals surface area contributed by atoms with E-state index < -0.39 is 6.04 Å². The zero-order valence-electron chi connectivity index (χ0n) is 11.7. The van der Waals surface area contributed by atoms with Crippen molar-refractivity contribution in [3.63, 3.8) is 0 Å². The summed E-state index contributed by atoms with van der Waals surface area (Å²) in [5.41, 5.74) is 1.64. The minimum Gasteiger partial charge on any atom is -0.467 e. The molecule has 1 amide bonds. The first-order valence-corrected chi connectivity index (χ1v) is 6.57. The standard InChI is InChI=1S/C14H20N2O3/c1-10-7-8-11(15(10)2)13(17)16-9-5-4-6-12(16)14(18)19-3/h7-8,12H,4-6,9H2,1-3H3/t12-/m0/s1. The van der Waals surface area contributed by atoms with Crippen LogP contribution >= 0.6 is 0 Å². The van der Waals surface area contributed by atoms with Crippen LogP contribution < -0.4 is 0 Å². The van der Waals surface area contributed by atoms with Crippen LogP contribution in [-0.2, 0) is 16.6 Å². The van der Waals surface area contributed by atoms with Crippen LogP contribution in [-0.4, -0.2) is 41.0 Å². The van der Waals surface area contributed by atoms with Crippen molar-refractivity contribution >= 4 is 11.9 Å². The summed E-state index contributed by atoms with van der Waals surface area (Å²) in [5.74, 6) is -0.412. The van der Waals surface area contributed by atoms with Crippen molar-refractivity contribution in [1.29, 1.82) is 0 Å². The lowest BCUT2D eigenvalue weighted by Crippen LogP contribution is -2.48. The van der Waals surface area contributed by atoms with Crippen LogP contribution in [0.4, 0.5) is 0 Å². The van der Waals surface area contributed by atoms with Crippen LogP contribution in [0.2, 0.25) is 0 Å². The number of carbonyl (C=O) groups is 2. The highest BCUT2D eigenvalue weighted by molar-refractivity contribution is 5.95. The molecule has 0 aliphatic carbocycles. The fourth-order valence-corrected chi connectivity index (χ4v) is 2.53. The maximum atomic E-state index is 12.6. The average Bonchev–Trinajstić information content (AvgIpc) is 2.77. The molecule has 0 bridgehead atoms. The monoisotopic (exact) mass is 264 g/mol. The Balaban J connectivity index is 2.25. The fourth-order valence-electron chi connectivity index (χ4n) is 2.53. The lowest BCUT2D eigenvalue weighted by atomic mass is 10.0. The second kappa shape index (κ2) is 5.47. The van der Waals surface area contributed by atoms with Crippen molar-refractivity contribution in [2.75, 3.05) is 13.7 Å². The van der Waals surface area contributed by atoms with E-state index in [2.05, 4.69) is 0 Å². The largest absolute Gasteiger partial charge is 0.467 e. The van der Waals surface area contributed by atoms with Gasteiger partial charge in [-0.1, -0.05) is 0 Å². The summed E-state index contributed by atoms with van der Waals surface area (Å²) in [6.45, 7) is 2.56. The van der Waals surface area contributed by atoms with Crippen molar-refractivity contribution in [2.45, 2.75) is 32.2 Å². The molecular formula is C14H20N2O3. The molecule has 1 atom stereocenters. The second-order valence-corrected chi connectivity index (χ2v) is 4.95. The Morgan fingerprint density at radius 1 is 1.32 bits per heavy atom. The number of carbonyl (C=O) groups excluding carboxylic acids is 2. The van der Waals surface area contributed by atoms with Crippen molar-refractivity contribution in [1.82, 2.24) is 9.47 Å². The molecule has 1 fully saturated rings. The van der Waals surface area contributed by atoms with Crippen LogP contribution in [0.25, 0.3) is 0 Å². The molecule has 0 spiro atoms. The highest BCUT2D eigenvalue weighted by atomic mass is 16.5. The Kier molecular flexibility index (Phi) is 3.93. The molecule has 1 aromatic rings. The van der Waals surface area contributed by atoms with Crippen LogP contribution in [0.15, 0.2) is 12.1 Å². The molecule has 0 radical (unpaired) electrons. The summed E-state index contributed by atoms with van der Waals surface area (Å²) < 4.78 is 6.65. The summed E-state index contributed by atoms with van der Waals surface area (Å²) in [6, 6.07) is 3.27. The van der Waals surface area contributed by atoms with Gasteiger partial charge in [0, 0.05) is 19.3 Å². The summed E-state index contributed by atoms with van der Waals surface area (Å²) in [5, 5.41) is 0. The number of aromatic nitrogens is 1. The molecule has 5 heteroatoms.